The lowest BCUT2D eigenvalue weighted by Crippen LogP contribution is -2.52. The van der Waals surface area contributed by atoms with Crippen molar-refractivity contribution in [2.24, 2.45) is 5.92 Å². The zero-order valence-electron chi connectivity index (χ0n) is 11.0. The van der Waals surface area contributed by atoms with Crippen LogP contribution in [0.25, 0.3) is 0 Å². The van der Waals surface area contributed by atoms with Crippen molar-refractivity contribution in [3.8, 4) is 0 Å². The SMILES string of the molecule is C[C@]1(NS(=O)(=O)c2ccccc2)CCO[C@@H]1C1CC1. The Kier molecular flexibility index (Phi) is 3.15. The lowest BCUT2D eigenvalue weighted by molar-refractivity contribution is 0.0629. The number of sulfonamides is 1. The maximum Gasteiger partial charge on any atom is 0.241 e. The van der Waals surface area contributed by atoms with Gasteiger partial charge >= 0.3 is 0 Å². The Morgan fingerprint density at radius 3 is 2.58 bits per heavy atom. The fraction of sp³-hybridized carbons (Fsp3) is 0.571. The van der Waals surface area contributed by atoms with Crippen LogP contribution in [-0.2, 0) is 14.8 Å². The maximum atomic E-state index is 12.4. The van der Waals surface area contributed by atoms with Gasteiger partial charge in [0.25, 0.3) is 0 Å². The van der Waals surface area contributed by atoms with E-state index in [1.54, 1.807) is 24.3 Å². The van der Waals surface area contributed by atoms with Crippen LogP contribution in [0.15, 0.2) is 35.2 Å². The summed E-state index contributed by atoms with van der Waals surface area (Å²) < 4.78 is 33.4. The van der Waals surface area contributed by atoms with Crippen LogP contribution in [0.5, 0.6) is 0 Å². The average Bonchev–Trinajstić information content (AvgIpc) is 3.14. The molecule has 1 N–H and O–H groups in total. The maximum absolute atomic E-state index is 12.4. The van der Waals surface area contributed by atoms with Crippen molar-refractivity contribution in [2.75, 3.05) is 6.61 Å². The summed E-state index contributed by atoms with van der Waals surface area (Å²) in [6, 6.07) is 8.52. The highest BCUT2D eigenvalue weighted by atomic mass is 32.2. The molecule has 0 radical (unpaired) electrons. The van der Waals surface area contributed by atoms with Crippen molar-refractivity contribution >= 4 is 10.0 Å². The Morgan fingerprint density at radius 2 is 1.95 bits per heavy atom. The normalized spacial score (nSPS) is 31.5. The summed E-state index contributed by atoms with van der Waals surface area (Å²) in [5.41, 5.74) is -0.476. The number of nitrogens with one attached hydrogen (secondary N) is 1. The monoisotopic (exact) mass is 281 g/mol. The summed E-state index contributed by atoms with van der Waals surface area (Å²) in [6.07, 6.45) is 3.05. The molecular formula is C14H19NO3S. The Balaban J connectivity index is 1.84. The Morgan fingerprint density at radius 1 is 1.26 bits per heavy atom. The molecule has 1 aliphatic carbocycles. The van der Waals surface area contributed by atoms with E-state index in [0.717, 1.165) is 19.3 Å². The molecule has 1 aromatic carbocycles. The van der Waals surface area contributed by atoms with Crippen LogP contribution in [0.3, 0.4) is 0 Å². The fourth-order valence-corrected chi connectivity index (χ4v) is 4.32. The third kappa shape index (κ3) is 2.55. The summed E-state index contributed by atoms with van der Waals surface area (Å²) in [5.74, 6) is 0.519. The molecule has 0 unspecified atom stereocenters. The first-order valence-electron chi connectivity index (χ1n) is 6.72. The van der Waals surface area contributed by atoms with Gasteiger partial charge < -0.3 is 4.74 Å². The molecule has 0 amide bonds. The zero-order valence-corrected chi connectivity index (χ0v) is 11.8. The molecule has 3 rings (SSSR count). The minimum absolute atomic E-state index is 0.0194. The topological polar surface area (TPSA) is 55.4 Å². The molecule has 2 aliphatic rings. The van der Waals surface area contributed by atoms with E-state index >= 15 is 0 Å². The molecular weight excluding hydrogens is 262 g/mol. The van der Waals surface area contributed by atoms with Gasteiger partial charge in [0.15, 0.2) is 0 Å². The molecule has 5 heteroatoms. The fourth-order valence-electron chi connectivity index (χ4n) is 2.85. The first-order valence-corrected chi connectivity index (χ1v) is 8.20. The predicted octanol–water partition coefficient (Wildman–Crippen LogP) is 1.92. The summed E-state index contributed by atoms with van der Waals surface area (Å²) in [4.78, 5) is 0.317. The summed E-state index contributed by atoms with van der Waals surface area (Å²) in [6.45, 7) is 2.60. The number of ether oxygens (including phenoxy) is 1. The molecule has 1 saturated carbocycles. The molecule has 19 heavy (non-hydrogen) atoms. The van der Waals surface area contributed by atoms with Crippen LogP contribution in [0.2, 0.25) is 0 Å². The minimum atomic E-state index is -3.47. The molecule has 0 aromatic heterocycles. The Hall–Kier alpha value is -0.910. The lowest BCUT2D eigenvalue weighted by atomic mass is 9.92. The summed E-state index contributed by atoms with van der Waals surface area (Å²) >= 11 is 0. The summed E-state index contributed by atoms with van der Waals surface area (Å²) in [5, 5.41) is 0. The van der Waals surface area contributed by atoms with Crippen molar-refractivity contribution in [2.45, 2.75) is 42.7 Å². The van der Waals surface area contributed by atoms with Crippen LogP contribution >= 0.6 is 0 Å². The molecule has 0 bridgehead atoms. The van der Waals surface area contributed by atoms with E-state index < -0.39 is 15.6 Å². The first-order chi connectivity index (χ1) is 9.01. The number of benzene rings is 1. The van der Waals surface area contributed by atoms with Crippen molar-refractivity contribution in [3.63, 3.8) is 0 Å². The van der Waals surface area contributed by atoms with Crippen LogP contribution in [0.1, 0.15) is 26.2 Å². The van der Waals surface area contributed by atoms with Gasteiger partial charge in [-0.15, -0.1) is 0 Å². The number of hydrogen-bond donors (Lipinski definition) is 1. The van der Waals surface area contributed by atoms with E-state index in [1.807, 2.05) is 13.0 Å². The van der Waals surface area contributed by atoms with Crippen LogP contribution in [-0.4, -0.2) is 26.7 Å². The molecule has 2 fully saturated rings. The van der Waals surface area contributed by atoms with Gasteiger partial charge in [-0.05, 0) is 44.2 Å². The van der Waals surface area contributed by atoms with Gasteiger partial charge in [-0.2, -0.15) is 0 Å². The highest BCUT2D eigenvalue weighted by Gasteiger charge is 2.50. The van der Waals surface area contributed by atoms with Gasteiger partial charge in [0.1, 0.15) is 0 Å². The largest absolute Gasteiger partial charge is 0.376 e. The van der Waals surface area contributed by atoms with E-state index in [0.29, 0.717) is 17.4 Å². The minimum Gasteiger partial charge on any atom is -0.376 e. The van der Waals surface area contributed by atoms with Crippen LogP contribution < -0.4 is 4.72 Å². The standard InChI is InChI=1S/C14H19NO3S/c1-14(9-10-18-13(14)11-7-8-11)15-19(16,17)12-5-3-2-4-6-12/h2-6,11,13,15H,7-10H2,1H3/t13-,14+/m1/s1. The molecule has 4 nitrogen and oxygen atoms in total. The molecule has 104 valence electrons. The molecule has 1 saturated heterocycles. The lowest BCUT2D eigenvalue weighted by Gasteiger charge is -2.30. The molecule has 0 spiro atoms. The molecule has 1 aromatic rings. The molecule has 2 atom stereocenters. The second-order valence-electron chi connectivity index (χ2n) is 5.71. The first kappa shape index (κ1) is 13.1. The Labute approximate surface area is 114 Å². The highest BCUT2D eigenvalue weighted by molar-refractivity contribution is 7.89. The predicted molar refractivity (Wildman–Crippen MR) is 72.2 cm³/mol. The quantitative estimate of drug-likeness (QED) is 0.917. The smallest absolute Gasteiger partial charge is 0.241 e. The third-order valence-corrected chi connectivity index (χ3v) is 5.65. The van der Waals surface area contributed by atoms with Crippen LogP contribution in [0, 0.1) is 5.92 Å². The van der Waals surface area contributed by atoms with Gasteiger partial charge in [-0.3, -0.25) is 0 Å². The molecule has 1 heterocycles. The van der Waals surface area contributed by atoms with E-state index in [9.17, 15) is 8.42 Å². The second-order valence-corrected chi connectivity index (χ2v) is 7.40. The van der Waals surface area contributed by atoms with Crippen molar-refractivity contribution in [1.29, 1.82) is 0 Å². The van der Waals surface area contributed by atoms with Gasteiger partial charge in [0.2, 0.25) is 10.0 Å². The second kappa shape index (κ2) is 4.58. The van der Waals surface area contributed by atoms with E-state index in [-0.39, 0.29) is 6.10 Å². The van der Waals surface area contributed by atoms with Gasteiger partial charge in [0.05, 0.1) is 16.5 Å². The summed E-state index contributed by atoms with van der Waals surface area (Å²) in [7, 11) is -3.47. The van der Waals surface area contributed by atoms with Gasteiger partial charge in [-0.25, -0.2) is 13.1 Å². The number of hydrogen-bond acceptors (Lipinski definition) is 3. The van der Waals surface area contributed by atoms with E-state index in [2.05, 4.69) is 4.72 Å². The highest BCUT2D eigenvalue weighted by Crippen LogP contribution is 2.43. The van der Waals surface area contributed by atoms with E-state index in [4.69, 9.17) is 4.74 Å². The van der Waals surface area contributed by atoms with Gasteiger partial charge in [0, 0.05) is 6.61 Å². The van der Waals surface area contributed by atoms with Crippen molar-refractivity contribution < 1.29 is 13.2 Å². The third-order valence-electron chi connectivity index (χ3n) is 4.02. The number of rotatable bonds is 4. The van der Waals surface area contributed by atoms with Crippen LogP contribution in [0.4, 0.5) is 0 Å². The Bertz CT molecular complexity index is 553. The van der Waals surface area contributed by atoms with Crippen molar-refractivity contribution in [1.82, 2.24) is 4.72 Å². The zero-order chi connectivity index (χ0) is 13.5. The van der Waals surface area contributed by atoms with Crippen molar-refractivity contribution in [3.05, 3.63) is 30.3 Å². The molecule has 1 aliphatic heterocycles. The van der Waals surface area contributed by atoms with E-state index in [1.165, 1.54) is 0 Å². The van der Waals surface area contributed by atoms with Gasteiger partial charge in [-0.1, -0.05) is 18.2 Å². The average molecular weight is 281 g/mol.